The number of nitrogens with one attached hydrogen (secondary N) is 2. The van der Waals surface area contributed by atoms with Gasteiger partial charge in [0.1, 0.15) is 11.8 Å². The molecule has 7 nitrogen and oxygen atoms in total. The summed E-state index contributed by atoms with van der Waals surface area (Å²) in [5, 5.41) is 6.20. The molecule has 2 saturated heterocycles. The Labute approximate surface area is 204 Å². The number of piperidine rings is 1. The third-order valence-corrected chi connectivity index (χ3v) is 7.62. The standard InChI is InChI=1S/C27H43N3O4/c1-4-21(2)24-25(31)28-15-9-19-34-18-8-7-12-27(26(32)29-24)13-16-30(17-14-27)20-22-10-5-6-11-23(22)33-3/h5-6,10-11,21,24H,4,7-9,12-20H2,1-3H3,(H,28,31)(H,29,32)/t21-,24-/m0/s1. The molecule has 2 fully saturated rings. The molecule has 2 aliphatic rings. The van der Waals surface area contributed by atoms with Crippen molar-refractivity contribution >= 4 is 11.8 Å². The van der Waals surface area contributed by atoms with Crippen LogP contribution in [0.2, 0.25) is 0 Å². The van der Waals surface area contributed by atoms with Crippen molar-refractivity contribution < 1.29 is 19.1 Å². The summed E-state index contributed by atoms with van der Waals surface area (Å²) in [5.41, 5.74) is 0.731. The molecule has 0 aliphatic carbocycles. The zero-order valence-electron chi connectivity index (χ0n) is 21.2. The van der Waals surface area contributed by atoms with Gasteiger partial charge in [0.2, 0.25) is 11.8 Å². The quantitative estimate of drug-likeness (QED) is 0.684. The molecular weight excluding hydrogens is 430 g/mol. The first-order valence-corrected chi connectivity index (χ1v) is 13.0. The highest BCUT2D eigenvalue weighted by atomic mass is 16.5. The lowest BCUT2D eigenvalue weighted by Crippen LogP contribution is -2.56. The molecule has 2 amide bonds. The number of hydrogen-bond acceptors (Lipinski definition) is 5. The molecule has 0 saturated carbocycles. The minimum atomic E-state index is -0.496. The van der Waals surface area contributed by atoms with Gasteiger partial charge in [-0.15, -0.1) is 0 Å². The maximum Gasteiger partial charge on any atom is 0.242 e. The largest absolute Gasteiger partial charge is 0.496 e. The Hall–Kier alpha value is -2.12. The van der Waals surface area contributed by atoms with Gasteiger partial charge >= 0.3 is 0 Å². The number of para-hydroxylation sites is 1. The van der Waals surface area contributed by atoms with Gasteiger partial charge < -0.3 is 20.1 Å². The summed E-state index contributed by atoms with van der Waals surface area (Å²) in [6.45, 7) is 8.56. The Morgan fingerprint density at radius 3 is 2.59 bits per heavy atom. The fourth-order valence-electron chi connectivity index (χ4n) is 5.07. The second-order valence-corrected chi connectivity index (χ2v) is 9.92. The summed E-state index contributed by atoms with van der Waals surface area (Å²) in [5.74, 6) is 0.947. The Bertz CT molecular complexity index is 792. The predicted molar refractivity (Wildman–Crippen MR) is 134 cm³/mol. The second-order valence-electron chi connectivity index (χ2n) is 9.92. The molecule has 0 unspecified atom stereocenters. The number of methoxy groups -OCH3 is 1. The molecule has 1 spiro atoms. The minimum Gasteiger partial charge on any atom is -0.496 e. The Balaban J connectivity index is 1.72. The molecule has 1 aromatic rings. The molecule has 3 rings (SSSR count). The van der Waals surface area contributed by atoms with Crippen molar-refractivity contribution in [3.05, 3.63) is 29.8 Å². The van der Waals surface area contributed by atoms with Crippen molar-refractivity contribution in [2.75, 3.05) is 40.0 Å². The molecule has 190 valence electrons. The lowest BCUT2D eigenvalue weighted by molar-refractivity contribution is -0.139. The van der Waals surface area contributed by atoms with Gasteiger partial charge in [-0.1, -0.05) is 44.9 Å². The zero-order valence-corrected chi connectivity index (χ0v) is 21.2. The third kappa shape index (κ3) is 6.95. The molecule has 0 aromatic heterocycles. The summed E-state index contributed by atoms with van der Waals surface area (Å²) in [4.78, 5) is 29.1. The van der Waals surface area contributed by atoms with Crippen molar-refractivity contribution in [1.29, 1.82) is 0 Å². The monoisotopic (exact) mass is 473 g/mol. The molecular formula is C27H43N3O4. The summed E-state index contributed by atoms with van der Waals surface area (Å²) in [6.07, 6.45) is 5.97. The van der Waals surface area contributed by atoms with Crippen molar-refractivity contribution in [2.45, 2.75) is 71.4 Å². The predicted octanol–water partition coefficient (Wildman–Crippen LogP) is 3.52. The van der Waals surface area contributed by atoms with E-state index < -0.39 is 11.5 Å². The van der Waals surface area contributed by atoms with Crippen LogP contribution >= 0.6 is 0 Å². The average Bonchev–Trinajstić information content (AvgIpc) is 2.86. The minimum absolute atomic E-state index is 0.0443. The van der Waals surface area contributed by atoms with E-state index in [4.69, 9.17) is 9.47 Å². The van der Waals surface area contributed by atoms with E-state index in [1.165, 1.54) is 5.56 Å². The highest BCUT2D eigenvalue weighted by Crippen LogP contribution is 2.38. The zero-order chi connectivity index (χ0) is 24.4. The molecule has 2 atom stereocenters. The molecule has 1 aromatic carbocycles. The molecule has 34 heavy (non-hydrogen) atoms. The number of carbonyl (C=O) groups is 2. The number of amides is 2. The van der Waals surface area contributed by atoms with E-state index in [1.807, 2.05) is 25.1 Å². The number of nitrogens with zero attached hydrogens (tertiary/aromatic N) is 1. The van der Waals surface area contributed by atoms with Gasteiger partial charge in [-0.3, -0.25) is 14.5 Å². The molecule has 0 bridgehead atoms. The highest BCUT2D eigenvalue weighted by Gasteiger charge is 2.42. The van der Waals surface area contributed by atoms with Gasteiger partial charge in [0.05, 0.1) is 12.5 Å². The van der Waals surface area contributed by atoms with Gasteiger partial charge in [0, 0.05) is 31.9 Å². The van der Waals surface area contributed by atoms with Gasteiger partial charge in [0.15, 0.2) is 0 Å². The fraction of sp³-hybridized carbons (Fsp3) is 0.704. The normalized spacial score (nSPS) is 24.0. The van der Waals surface area contributed by atoms with Gasteiger partial charge in [-0.25, -0.2) is 0 Å². The third-order valence-electron chi connectivity index (χ3n) is 7.62. The first-order chi connectivity index (χ1) is 16.5. The van der Waals surface area contributed by atoms with Crippen LogP contribution in [0, 0.1) is 11.3 Å². The van der Waals surface area contributed by atoms with Gasteiger partial charge in [-0.05, 0) is 57.2 Å². The number of rotatable bonds is 5. The number of carbonyl (C=O) groups excluding carboxylic acids is 2. The van der Waals surface area contributed by atoms with Crippen LogP contribution in [0.15, 0.2) is 24.3 Å². The van der Waals surface area contributed by atoms with Gasteiger partial charge in [0.25, 0.3) is 0 Å². The lowest BCUT2D eigenvalue weighted by Gasteiger charge is -2.42. The van der Waals surface area contributed by atoms with Crippen LogP contribution in [0.25, 0.3) is 0 Å². The Morgan fingerprint density at radius 1 is 1.12 bits per heavy atom. The number of benzene rings is 1. The van der Waals surface area contributed by atoms with Crippen LogP contribution in [0.5, 0.6) is 5.75 Å². The van der Waals surface area contributed by atoms with Crippen molar-refractivity contribution in [2.24, 2.45) is 11.3 Å². The summed E-state index contributed by atoms with van der Waals surface area (Å²) in [6, 6.07) is 7.63. The smallest absolute Gasteiger partial charge is 0.242 e. The molecule has 0 radical (unpaired) electrons. The first-order valence-electron chi connectivity index (χ1n) is 13.0. The average molecular weight is 474 g/mol. The number of likely N-dealkylation sites (tertiary alicyclic amines) is 1. The lowest BCUT2D eigenvalue weighted by atomic mass is 9.73. The molecule has 2 heterocycles. The van der Waals surface area contributed by atoms with Crippen LogP contribution < -0.4 is 15.4 Å². The van der Waals surface area contributed by atoms with Crippen molar-refractivity contribution in [3.8, 4) is 5.75 Å². The molecule has 2 aliphatic heterocycles. The second kappa shape index (κ2) is 13.1. The summed E-state index contributed by atoms with van der Waals surface area (Å²) < 4.78 is 11.3. The molecule has 7 heteroatoms. The summed E-state index contributed by atoms with van der Waals surface area (Å²) >= 11 is 0. The SMILES string of the molecule is CC[C@H](C)[C@@H]1NC(=O)C2(CCCCOCCCNC1=O)CCN(Cc1ccccc1OC)CC2. The molecule has 2 N–H and O–H groups in total. The topological polar surface area (TPSA) is 79.9 Å². The van der Waals surface area contributed by atoms with E-state index in [0.717, 1.165) is 70.3 Å². The van der Waals surface area contributed by atoms with Crippen LogP contribution in [0.4, 0.5) is 0 Å². The fourth-order valence-corrected chi connectivity index (χ4v) is 5.07. The van der Waals surface area contributed by atoms with Gasteiger partial charge in [-0.2, -0.15) is 0 Å². The number of ether oxygens (including phenoxy) is 2. The summed E-state index contributed by atoms with van der Waals surface area (Å²) in [7, 11) is 1.71. The van der Waals surface area contributed by atoms with E-state index in [0.29, 0.717) is 19.8 Å². The van der Waals surface area contributed by atoms with E-state index in [2.05, 4.69) is 28.5 Å². The number of hydrogen-bond donors (Lipinski definition) is 2. The van der Waals surface area contributed by atoms with Crippen molar-refractivity contribution in [1.82, 2.24) is 15.5 Å². The maximum atomic E-state index is 13.7. The van der Waals surface area contributed by atoms with Crippen LogP contribution in [0.1, 0.15) is 64.4 Å². The van der Waals surface area contributed by atoms with Crippen LogP contribution in [-0.2, 0) is 20.9 Å². The van der Waals surface area contributed by atoms with E-state index >= 15 is 0 Å². The first kappa shape index (κ1) is 26.5. The van der Waals surface area contributed by atoms with Crippen LogP contribution in [0.3, 0.4) is 0 Å². The maximum absolute atomic E-state index is 13.7. The van der Waals surface area contributed by atoms with Crippen molar-refractivity contribution in [3.63, 3.8) is 0 Å². The van der Waals surface area contributed by atoms with E-state index in [1.54, 1.807) is 7.11 Å². The van der Waals surface area contributed by atoms with E-state index in [9.17, 15) is 9.59 Å². The Morgan fingerprint density at radius 2 is 1.85 bits per heavy atom. The Kier molecular flexibility index (Phi) is 10.2. The van der Waals surface area contributed by atoms with Crippen LogP contribution in [-0.4, -0.2) is 62.7 Å². The highest BCUT2D eigenvalue weighted by molar-refractivity contribution is 5.90. The van der Waals surface area contributed by atoms with E-state index in [-0.39, 0.29) is 17.7 Å².